The van der Waals surface area contributed by atoms with E-state index in [2.05, 4.69) is 76.3 Å². The number of hydrogen-bond acceptors (Lipinski definition) is 4. The Kier molecular flexibility index (Phi) is 16.4. The molecule has 3 N–H and O–H groups in total. The number of carbonyl (C=O) groups excluding carboxylic acids is 1. The third-order valence-electron chi connectivity index (χ3n) is 8.43. The number of nitrogens with zero attached hydrogens (tertiary/aromatic N) is 1. The Morgan fingerprint density at radius 3 is 2.37 bits per heavy atom. The number of piperidine rings is 1. The highest BCUT2D eigenvalue weighted by molar-refractivity contribution is 9.10. The third kappa shape index (κ3) is 11.2. The van der Waals surface area contributed by atoms with Crippen molar-refractivity contribution in [3.05, 3.63) is 66.5 Å². The Morgan fingerprint density at radius 2 is 1.77 bits per heavy atom. The summed E-state index contributed by atoms with van der Waals surface area (Å²) in [4.78, 5) is 31.7. The highest BCUT2D eigenvalue weighted by Crippen LogP contribution is 2.31. The number of aromatic amines is 1. The average Bonchev–Trinajstić information content (AvgIpc) is 2.98. The van der Waals surface area contributed by atoms with Gasteiger partial charge in [0.1, 0.15) is 0 Å². The van der Waals surface area contributed by atoms with E-state index >= 15 is 0 Å². The lowest BCUT2D eigenvalue weighted by Crippen LogP contribution is -2.44. The topological polar surface area (TPSA) is 77.2 Å². The van der Waals surface area contributed by atoms with Crippen LogP contribution in [0.1, 0.15) is 132 Å². The van der Waals surface area contributed by atoms with Crippen molar-refractivity contribution in [1.82, 2.24) is 15.2 Å². The Morgan fingerprint density at radius 1 is 1.07 bits per heavy atom. The number of carbonyl (C=O) groups is 1. The number of pyridine rings is 1. The number of amides is 1. The van der Waals surface area contributed by atoms with E-state index in [1.165, 1.54) is 44.1 Å². The van der Waals surface area contributed by atoms with Gasteiger partial charge in [-0.05, 0) is 76.6 Å². The maximum absolute atomic E-state index is 13.6. The summed E-state index contributed by atoms with van der Waals surface area (Å²) in [6.45, 7) is 19.0. The van der Waals surface area contributed by atoms with Crippen LogP contribution in [0.15, 0.2) is 33.0 Å². The van der Waals surface area contributed by atoms with Crippen LogP contribution >= 0.6 is 15.9 Å². The predicted molar refractivity (Wildman–Crippen MR) is 188 cm³/mol. The van der Waals surface area contributed by atoms with E-state index in [0.717, 1.165) is 59.3 Å². The minimum absolute atomic E-state index is 0.153. The molecule has 1 atom stereocenters. The molecule has 6 nitrogen and oxygen atoms in total. The van der Waals surface area contributed by atoms with Gasteiger partial charge in [-0.25, -0.2) is 0 Å². The van der Waals surface area contributed by atoms with E-state index in [1.807, 2.05) is 39.8 Å². The zero-order chi connectivity index (χ0) is 31.9. The van der Waals surface area contributed by atoms with Gasteiger partial charge in [0, 0.05) is 64.3 Å². The van der Waals surface area contributed by atoms with Crippen LogP contribution in [0.3, 0.4) is 0 Å². The van der Waals surface area contributed by atoms with Gasteiger partial charge < -0.3 is 20.5 Å². The molecule has 0 saturated carbocycles. The van der Waals surface area contributed by atoms with Crippen LogP contribution in [0, 0.1) is 13.8 Å². The zero-order valence-corrected chi connectivity index (χ0v) is 29.7. The molecular formula is C36H57BrN4O2. The van der Waals surface area contributed by atoms with E-state index in [1.54, 1.807) is 0 Å². The summed E-state index contributed by atoms with van der Waals surface area (Å²) >= 11 is 3.66. The zero-order valence-electron chi connectivity index (χ0n) is 28.1. The lowest BCUT2D eigenvalue weighted by Gasteiger charge is -2.38. The highest BCUT2D eigenvalue weighted by Gasteiger charge is 2.26. The molecular weight excluding hydrogens is 600 g/mol. The van der Waals surface area contributed by atoms with Crippen LogP contribution in [-0.4, -0.2) is 41.0 Å². The number of hydrogen-bond donors (Lipinski definition) is 3. The quantitative estimate of drug-likeness (QED) is 0.177. The maximum Gasteiger partial charge on any atom is 0.253 e. The summed E-state index contributed by atoms with van der Waals surface area (Å²) in [6.07, 6.45) is 13.0. The standard InChI is InChI=1S/C34H51BrN4O2.C2H6/c1-7-10-11-13-28(12-8-2)39-16-14-27(15-17-39)38-32-21-26(35)20-30(29(32)18-23(4)9-3)33(40)36-22-31-24(5)19-25(6)37-34(31)41;1-2/h18-21,27-28,38H,7-17,22H2,1-6H3,(H,36,40)(H,37,41);1-2H3. The molecule has 43 heavy (non-hydrogen) atoms. The number of unbranched alkanes of at least 4 members (excludes halogenated alkanes) is 2. The molecule has 0 bridgehead atoms. The fourth-order valence-electron chi connectivity index (χ4n) is 5.90. The number of rotatable bonds is 14. The first kappa shape index (κ1) is 36.8. The van der Waals surface area contributed by atoms with Gasteiger partial charge >= 0.3 is 0 Å². The first-order valence-corrected chi connectivity index (χ1v) is 17.4. The molecule has 1 amide bonds. The molecule has 2 aromatic rings. The second-order valence-electron chi connectivity index (χ2n) is 11.8. The Balaban J connectivity index is 0.00000316. The predicted octanol–water partition coefficient (Wildman–Crippen LogP) is 9.15. The van der Waals surface area contributed by atoms with Crippen LogP contribution in [0.25, 0.3) is 6.08 Å². The minimum atomic E-state index is -0.187. The van der Waals surface area contributed by atoms with Crippen LogP contribution in [-0.2, 0) is 6.54 Å². The molecule has 2 heterocycles. The maximum atomic E-state index is 13.6. The number of allylic oxidation sites excluding steroid dienone is 1. The van der Waals surface area contributed by atoms with E-state index < -0.39 is 0 Å². The summed E-state index contributed by atoms with van der Waals surface area (Å²) < 4.78 is 0.859. The summed E-state index contributed by atoms with van der Waals surface area (Å²) in [5, 5.41) is 6.83. The number of H-pyrrole nitrogens is 1. The highest BCUT2D eigenvalue weighted by atomic mass is 79.9. The smallest absolute Gasteiger partial charge is 0.253 e. The first-order chi connectivity index (χ1) is 20.7. The van der Waals surface area contributed by atoms with Gasteiger partial charge in [0.25, 0.3) is 11.5 Å². The van der Waals surface area contributed by atoms with Gasteiger partial charge in [-0.3, -0.25) is 9.59 Å². The van der Waals surface area contributed by atoms with Gasteiger partial charge in [0.2, 0.25) is 0 Å². The summed E-state index contributed by atoms with van der Waals surface area (Å²) in [5.74, 6) is -0.187. The molecule has 1 aromatic carbocycles. The Hall–Kier alpha value is -2.38. The van der Waals surface area contributed by atoms with E-state index in [4.69, 9.17) is 0 Å². The van der Waals surface area contributed by atoms with E-state index in [-0.39, 0.29) is 18.0 Å². The number of halogens is 1. The summed E-state index contributed by atoms with van der Waals surface area (Å²) in [5.41, 5.74) is 5.82. The molecule has 1 aliphatic heterocycles. The number of nitrogens with one attached hydrogen (secondary N) is 3. The lowest BCUT2D eigenvalue weighted by atomic mass is 9.96. The SMILES string of the molecule is CC.CCCCCC(CCC)N1CCC(Nc2cc(Br)cc(C(=O)NCc3c(C)cc(C)[nH]c3=O)c2C=C(C)CC)CC1. The fraction of sp³-hybridized carbons (Fsp3) is 0.611. The molecule has 3 rings (SSSR count). The number of likely N-dealkylation sites (tertiary alicyclic amines) is 1. The Labute approximate surface area is 269 Å². The van der Waals surface area contributed by atoms with Crippen LogP contribution in [0.2, 0.25) is 0 Å². The second kappa shape index (κ2) is 19.1. The molecule has 0 spiro atoms. The second-order valence-corrected chi connectivity index (χ2v) is 12.7. The van der Waals surface area contributed by atoms with Gasteiger partial charge in [-0.1, -0.05) is 87.9 Å². The van der Waals surface area contributed by atoms with E-state index in [9.17, 15) is 9.59 Å². The van der Waals surface area contributed by atoms with Crippen molar-refractivity contribution in [2.75, 3.05) is 18.4 Å². The fourth-order valence-corrected chi connectivity index (χ4v) is 6.35. The first-order valence-electron chi connectivity index (χ1n) is 16.7. The molecule has 1 fully saturated rings. The molecule has 1 aliphatic rings. The van der Waals surface area contributed by atoms with Crippen molar-refractivity contribution < 1.29 is 4.79 Å². The van der Waals surface area contributed by atoms with Crippen molar-refractivity contribution in [3.8, 4) is 0 Å². The number of aryl methyl sites for hydroxylation is 2. The van der Waals surface area contributed by atoms with Gasteiger partial charge in [0.05, 0.1) is 0 Å². The van der Waals surface area contributed by atoms with Gasteiger partial charge in [-0.2, -0.15) is 0 Å². The molecule has 1 unspecified atom stereocenters. The third-order valence-corrected chi connectivity index (χ3v) is 8.88. The largest absolute Gasteiger partial charge is 0.382 e. The molecule has 1 aromatic heterocycles. The van der Waals surface area contributed by atoms with Crippen LogP contribution in [0.5, 0.6) is 0 Å². The van der Waals surface area contributed by atoms with Crippen LogP contribution < -0.4 is 16.2 Å². The average molecular weight is 658 g/mol. The lowest BCUT2D eigenvalue weighted by molar-refractivity contribution is 0.0950. The van der Waals surface area contributed by atoms with Crippen molar-refractivity contribution in [3.63, 3.8) is 0 Å². The van der Waals surface area contributed by atoms with Crippen molar-refractivity contribution in [2.45, 2.75) is 132 Å². The summed E-state index contributed by atoms with van der Waals surface area (Å²) in [6, 6.07) is 6.97. The van der Waals surface area contributed by atoms with Crippen molar-refractivity contribution in [1.29, 1.82) is 0 Å². The van der Waals surface area contributed by atoms with Crippen molar-refractivity contribution in [2.24, 2.45) is 0 Å². The van der Waals surface area contributed by atoms with Gasteiger partial charge in [0.15, 0.2) is 0 Å². The summed E-state index contributed by atoms with van der Waals surface area (Å²) in [7, 11) is 0. The monoisotopic (exact) mass is 656 g/mol. The van der Waals surface area contributed by atoms with Crippen LogP contribution in [0.4, 0.5) is 5.69 Å². The molecule has 1 saturated heterocycles. The molecule has 0 aliphatic carbocycles. The number of aromatic nitrogens is 1. The van der Waals surface area contributed by atoms with Crippen molar-refractivity contribution >= 4 is 33.6 Å². The number of anilines is 1. The normalized spacial score (nSPS) is 15.0. The minimum Gasteiger partial charge on any atom is -0.382 e. The molecule has 7 heteroatoms. The van der Waals surface area contributed by atoms with Gasteiger partial charge in [-0.15, -0.1) is 0 Å². The number of benzene rings is 1. The molecule has 0 radical (unpaired) electrons. The van der Waals surface area contributed by atoms with E-state index in [0.29, 0.717) is 23.2 Å². The Bertz CT molecular complexity index is 1240. The molecule has 240 valence electrons.